The van der Waals surface area contributed by atoms with Crippen LogP contribution in [-0.4, -0.2) is 39.8 Å². The van der Waals surface area contributed by atoms with Crippen LogP contribution in [0.4, 0.5) is 5.82 Å². The summed E-state index contributed by atoms with van der Waals surface area (Å²) in [5, 5.41) is 16.8. The molecule has 0 saturated carbocycles. The van der Waals surface area contributed by atoms with Crippen molar-refractivity contribution in [2.45, 2.75) is 6.42 Å². The molecule has 6 nitrogen and oxygen atoms in total. The first-order chi connectivity index (χ1) is 9.16. The molecule has 1 N–H and O–H groups in total. The third-order valence-electron chi connectivity index (χ3n) is 2.63. The molecule has 0 bridgehead atoms. The Kier molecular flexibility index (Phi) is 4.02. The monoisotopic (exact) mass is 258 g/mol. The van der Waals surface area contributed by atoms with Crippen molar-refractivity contribution in [3.63, 3.8) is 0 Å². The van der Waals surface area contributed by atoms with Crippen LogP contribution < -0.4 is 4.90 Å². The van der Waals surface area contributed by atoms with E-state index < -0.39 is 5.97 Å². The van der Waals surface area contributed by atoms with E-state index in [-0.39, 0.29) is 6.42 Å². The van der Waals surface area contributed by atoms with Crippen LogP contribution in [0.15, 0.2) is 36.5 Å². The minimum absolute atomic E-state index is 0.0696. The number of anilines is 1. The molecule has 0 radical (unpaired) electrons. The Hall–Kier alpha value is -2.50. The zero-order chi connectivity index (χ0) is 13.7. The molecule has 2 aromatic heterocycles. The third-order valence-corrected chi connectivity index (χ3v) is 2.63. The number of nitrogens with zero attached hydrogens (tertiary/aromatic N) is 4. The van der Waals surface area contributed by atoms with Gasteiger partial charge in [0, 0.05) is 19.8 Å². The summed E-state index contributed by atoms with van der Waals surface area (Å²) >= 11 is 0. The smallest absolute Gasteiger partial charge is 0.305 e. The van der Waals surface area contributed by atoms with Crippen LogP contribution in [0, 0.1) is 0 Å². The number of pyridine rings is 1. The van der Waals surface area contributed by atoms with Crippen molar-refractivity contribution in [1.29, 1.82) is 0 Å². The Morgan fingerprint density at radius 1 is 1.21 bits per heavy atom. The molecule has 19 heavy (non-hydrogen) atoms. The summed E-state index contributed by atoms with van der Waals surface area (Å²) in [5.41, 5.74) is 1.45. The predicted octanol–water partition coefficient (Wildman–Crippen LogP) is 1.45. The van der Waals surface area contributed by atoms with Gasteiger partial charge in [-0.2, -0.15) is 0 Å². The lowest BCUT2D eigenvalue weighted by molar-refractivity contribution is -0.136. The molecule has 2 rings (SSSR count). The molecule has 0 atom stereocenters. The summed E-state index contributed by atoms with van der Waals surface area (Å²) in [7, 11) is 1.79. The number of carbonyl (C=O) groups is 1. The quantitative estimate of drug-likeness (QED) is 0.874. The Balaban J connectivity index is 2.08. The molecule has 6 heteroatoms. The van der Waals surface area contributed by atoms with E-state index in [2.05, 4.69) is 15.2 Å². The van der Waals surface area contributed by atoms with Gasteiger partial charge >= 0.3 is 5.97 Å². The number of aliphatic carboxylic acids is 1. The van der Waals surface area contributed by atoms with Crippen LogP contribution in [0.5, 0.6) is 0 Å². The maximum Gasteiger partial charge on any atom is 0.305 e. The second kappa shape index (κ2) is 5.90. The third kappa shape index (κ3) is 3.48. The van der Waals surface area contributed by atoms with E-state index in [0.29, 0.717) is 18.1 Å². The van der Waals surface area contributed by atoms with E-state index in [1.165, 1.54) is 0 Å². The van der Waals surface area contributed by atoms with Gasteiger partial charge in [-0.25, -0.2) is 0 Å². The van der Waals surface area contributed by atoms with Gasteiger partial charge in [0.05, 0.1) is 12.1 Å². The molecule has 0 fully saturated rings. The average Bonchev–Trinajstić information content (AvgIpc) is 2.46. The Bertz CT molecular complexity index is 542. The van der Waals surface area contributed by atoms with Crippen LogP contribution in [0.2, 0.25) is 0 Å². The van der Waals surface area contributed by atoms with Crippen LogP contribution in [-0.2, 0) is 4.79 Å². The lowest BCUT2D eigenvalue weighted by Crippen LogP contribution is -2.22. The van der Waals surface area contributed by atoms with E-state index in [1.54, 1.807) is 24.2 Å². The molecule has 0 amide bonds. The molecular formula is C13H14N4O2. The minimum atomic E-state index is -0.829. The molecule has 0 aliphatic heterocycles. The lowest BCUT2D eigenvalue weighted by atomic mass is 10.2. The van der Waals surface area contributed by atoms with Gasteiger partial charge < -0.3 is 10.0 Å². The first-order valence-corrected chi connectivity index (χ1v) is 5.85. The standard InChI is InChI=1S/C13H14N4O2/c1-17(9-7-13(18)19)12-6-5-11(15-16-12)10-4-2-3-8-14-10/h2-6,8H,7,9H2,1H3,(H,18,19). The normalized spacial score (nSPS) is 10.2. The van der Waals surface area contributed by atoms with Gasteiger partial charge in [-0.15, -0.1) is 10.2 Å². The summed E-state index contributed by atoms with van der Waals surface area (Å²) in [6, 6.07) is 9.21. The maximum atomic E-state index is 10.5. The summed E-state index contributed by atoms with van der Waals surface area (Å²) in [6.07, 6.45) is 1.77. The van der Waals surface area contributed by atoms with Gasteiger partial charge in [0.2, 0.25) is 0 Å². The number of aromatic nitrogens is 3. The number of hydrogen-bond donors (Lipinski definition) is 1. The topological polar surface area (TPSA) is 79.2 Å². The number of hydrogen-bond acceptors (Lipinski definition) is 5. The van der Waals surface area contributed by atoms with Gasteiger partial charge in [0.1, 0.15) is 5.69 Å². The Labute approximate surface area is 110 Å². The molecular weight excluding hydrogens is 244 g/mol. The second-order valence-corrected chi connectivity index (χ2v) is 4.06. The molecule has 0 saturated heterocycles. The highest BCUT2D eigenvalue weighted by Crippen LogP contribution is 2.15. The minimum Gasteiger partial charge on any atom is -0.481 e. The van der Waals surface area contributed by atoms with Crippen molar-refractivity contribution in [2.24, 2.45) is 0 Å². The first kappa shape index (κ1) is 12.9. The highest BCUT2D eigenvalue weighted by Gasteiger charge is 2.07. The van der Waals surface area contributed by atoms with Gasteiger partial charge in [0.25, 0.3) is 0 Å². The molecule has 0 aliphatic rings. The largest absolute Gasteiger partial charge is 0.481 e. The Morgan fingerprint density at radius 2 is 2.05 bits per heavy atom. The van der Waals surface area contributed by atoms with Crippen molar-refractivity contribution >= 4 is 11.8 Å². The van der Waals surface area contributed by atoms with Crippen LogP contribution in [0.25, 0.3) is 11.4 Å². The van der Waals surface area contributed by atoms with Crippen molar-refractivity contribution in [2.75, 3.05) is 18.5 Å². The maximum absolute atomic E-state index is 10.5. The molecule has 98 valence electrons. The summed E-state index contributed by atoms with van der Waals surface area (Å²) in [6.45, 7) is 0.396. The van der Waals surface area contributed by atoms with Crippen molar-refractivity contribution in [1.82, 2.24) is 15.2 Å². The lowest BCUT2D eigenvalue weighted by Gasteiger charge is -2.16. The van der Waals surface area contributed by atoms with Gasteiger partial charge in [0.15, 0.2) is 5.82 Å². The van der Waals surface area contributed by atoms with Crippen molar-refractivity contribution < 1.29 is 9.90 Å². The van der Waals surface area contributed by atoms with Gasteiger partial charge in [-0.05, 0) is 24.3 Å². The summed E-state index contributed by atoms with van der Waals surface area (Å²) < 4.78 is 0. The van der Waals surface area contributed by atoms with Crippen LogP contribution in [0.1, 0.15) is 6.42 Å². The number of carboxylic acids is 1. The highest BCUT2D eigenvalue weighted by molar-refractivity contribution is 5.67. The number of rotatable bonds is 5. The van der Waals surface area contributed by atoms with E-state index >= 15 is 0 Å². The molecule has 0 spiro atoms. The van der Waals surface area contributed by atoms with Crippen molar-refractivity contribution in [3.8, 4) is 11.4 Å². The Morgan fingerprint density at radius 3 is 2.63 bits per heavy atom. The number of carboxylic acid groups (broad SMARTS) is 1. The molecule has 2 aromatic rings. The fourth-order valence-electron chi connectivity index (χ4n) is 1.56. The highest BCUT2D eigenvalue weighted by atomic mass is 16.4. The van der Waals surface area contributed by atoms with Gasteiger partial charge in [-0.3, -0.25) is 9.78 Å². The SMILES string of the molecule is CN(CCC(=O)O)c1ccc(-c2ccccn2)nn1. The summed E-state index contributed by atoms with van der Waals surface area (Å²) in [5.74, 6) is -0.189. The molecule has 0 aromatic carbocycles. The average molecular weight is 258 g/mol. The van der Waals surface area contributed by atoms with Crippen molar-refractivity contribution in [3.05, 3.63) is 36.5 Å². The summed E-state index contributed by atoms with van der Waals surface area (Å²) in [4.78, 5) is 16.4. The molecule has 0 aliphatic carbocycles. The van der Waals surface area contributed by atoms with E-state index in [0.717, 1.165) is 5.69 Å². The molecule has 0 unspecified atom stereocenters. The fraction of sp³-hybridized carbons (Fsp3) is 0.231. The zero-order valence-electron chi connectivity index (χ0n) is 10.5. The van der Waals surface area contributed by atoms with Crippen LogP contribution in [0.3, 0.4) is 0 Å². The van der Waals surface area contributed by atoms with E-state index in [9.17, 15) is 4.79 Å². The predicted molar refractivity (Wildman–Crippen MR) is 70.8 cm³/mol. The zero-order valence-corrected chi connectivity index (χ0v) is 10.5. The van der Waals surface area contributed by atoms with E-state index in [1.807, 2.05) is 24.3 Å². The molecule has 2 heterocycles. The van der Waals surface area contributed by atoms with Crippen LogP contribution >= 0.6 is 0 Å². The van der Waals surface area contributed by atoms with E-state index in [4.69, 9.17) is 5.11 Å². The first-order valence-electron chi connectivity index (χ1n) is 5.85. The fourth-order valence-corrected chi connectivity index (χ4v) is 1.56. The second-order valence-electron chi connectivity index (χ2n) is 4.06. The van der Waals surface area contributed by atoms with Gasteiger partial charge in [-0.1, -0.05) is 6.07 Å².